The van der Waals surface area contributed by atoms with Crippen LogP contribution >= 0.6 is 0 Å². The minimum Gasteiger partial charge on any atom is -0.352 e. The van der Waals surface area contributed by atoms with E-state index in [1.165, 1.54) is 12.3 Å². The lowest BCUT2D eigenvalue weighted by Crippen LogP contribution is -2.53. The molecule has 4 heterocycles. The summed E-state index contributed by atoms with van der Waals surface area (Å²) in [4.78, 5) is 52.0. The van der Waals surface area contributed by atoms with Gasteiger partial charge in [-0.3, -0.25) is 19.4 Å². The van der Waals surface area contributed by atoms with Gasteiger partial charge in [-0.2, -0.15) is 0 Å². The summed E-state index contributed by atoms with van der Waals surface area (Å²) in [6.07, 6.45) is 2.34. The van der Waals surface area contributed by atoms with Gasteiger partial charge in [0.2, 0.25) is 5.91 Å². The Bertz CT molecular complexity index is 1690. The molecule has 2 bridgehead atoms. The molecule has 2 amide bonds. The van der Waals surface area contributed by atoms with Crippen LogP contribution in [0.15, 0.2) is 66.9 Å². The van der Waals surface area contributed by atoms with Gasteiger partial charge in [-0.15, -0.1) is 0 Å². The van der Waals surface area contributed by atoms with Gasteiger partial charge >= 0.3 is 0 Å². The number of hydrogen-bond donors (Lipinski definition) is 1. The first-order valence-electron chi connectivity index (χ1n) is 14.4. The molecule has 8 heteroatoms. The fraction of sp³-hybridized carbons (Fsp3) is 0.353. The fourth-order valence-electron chi connectivity index (χ4n) is 6.42. The first-order valence-corrected chi connectivity index (χ1v) is 14.4. The van der Waals surface area contributed by atoms with E-state index in [1.807, 2.05) is 56.9 Å². The van der Waals surface area contributed by atoms with Gasteiger partial charge < -0.3 is 14.8 Å². The smallest absolute Gasteiger partial charge is 0.272 e. The van der Waals surface area contributed by atoms with Crippen LogP contribution in [0.5, 0.6) is 0 Å². The molecular weight excluding hydrogens is 531 g/mol. The van der Waals surface area contributed by atoms with Gasteiger partial charge in [0, 0.05) is 47.7 Å². The largest absolute Gasteiger partial charge is 0.352 e. The molecule has 42 heavy (non-hydrogen) atoms. The Morgan fingerprint density at radius 3 is 2.38 bits per heavy atom. The number of carbonyl (C=O) groups excluding carboxylic acids is 3. The minimum atomic E-state index is -0.492. The summed E-state index contributed by atoms with van der Waals surface area (Å²) in [5.74, 6) is -1.13. The van der Waals surface area contributed by atoms with Crippen molar-refractivity contribution in [2.45, 2.75) is 52.6 Å². The van der Waals surface area contributed by atoms with Gasteiger partial charge in [-0.1, -0.05) is 57.2 Å². The van der Waals surface area contributed by atoms with E-state index in [0.29, 0.717) is 42.0 Å². The number of H-pyrrole nitrogens is 1. The molecule has 3 atom stereocenters. The lowest BCUT2D eigenvalue weighted by Gasteiger charge is -2.39. The second-order valence-corrected chi connectivity index (χ2v) is 12.7. The number of likely N-dealkylation sites (tertiary alicyclic amines) is 2. The summed E-state index contributed by atoms with van der Waals surface area (Å²) in [6.45, 7) is 8.88. The van der Waals surface area contributed by atoms with E-state index in [1.54, 1.807) is 35.2 Å². The topological polar surface area (TPSA) is 86.4 Å². The number of pyridine rings is 1. The molecule has 2 aromatic carbocycles. The van der Waals surface area contributed by atoms with Crippen LogP contribution in [0.2, 0.25) is 0 Å². The highest BCUT2D eigenvalue weighted by Crippen LogP contribution is 2.38. The molecule has 4 aromatic rings. The van der Waals surface area contributed by atoms with Crippen LogP contribution in [0, 0.1) is 24.1 Å². The van der Waals surface area contributed by atoms with Gasteiger partial charge in [0.05, 0.1) is 23.7 Å². The van der Waals surface area contributed by atoms with Crippen LogP contribution in [-0.2, 0) is 4.79 Å². The van der Waals surface area contributed by atoms with Crippen LogP contribution in [0.1, 0.15) is 60.2 Å². The van der Waals surface area contributed by atoms with Gasteiger partial charge in [-0.25, -0.2) is 4.39 Å². The second-order valence-electron chi connectivity index (χ2n) is 12.7. The monoisotopic (exact) mass is 566 g/mol. The van der Waals surface area contributed by atoms with Crippen molar-refractivity contribution in [3.8, 4) is 11.1 Å². The Morgan fingerprint density at radius 1 is 1.00 bits per heavy atom. The van der Waals surface area contributed by atoms with Crippen molar-refractivity contribution in [3.05, 3.63) is 89.6 Å². The number of aromatic nitrogens is 2. The van der Waals surface area contributed by atoms with Gasteiger partial charge in [-0.05, 0) is 48.6 Å². The number of ketones is 1. The molecular formula is C34H35FN4O3. The quantitative estimate of drug-likeness (QED) is 0.289. The summed E-state index contributed by atoms with van der Waals surface area (Å²) in [6, 6.07) is 17.4. The molecule has 2 aromatic heterocycles. The van der Waals surface area contributed by atoms with Crippen LogP contribution in [0.4, 0.5) is 4.39 Å². The van der Waals surface area contributed by atoms with E-state index < -0.39 is 11.3 Å². The first-order chi connectivity index (χ1) is 20.0. The third-order valence-electron chi connectivity index (χ3n) is 8.87. The van der Waals surface area contributed by atoms with E-state index in [2.05, 4.69) is 9.97 Å². The van der Waals surface area contributed by atoms with Crippen molar-refractivity contribution in [1.82, 2.24) is 19.8 Å². The Morgan fingerprint density at radius 2 is 1.74 bits per heavy atom. The van der Waals surface area contributed by atoms with Crippen molar-refractivity contribution in [1.29, 1.82) is 0 Å². The highest BCUT2D eigenvalue weighted by atomic mass is 19.1. The van der Waals surface area contributed by atoms with Crippen LogP contribution in [0.25, 0.3) is 22.0 Å². The Balaban J connectivity index is 1.14. The minimum absolute atomic E-state index is 0.0323. The molecule has 2 saturated heterocycles. The number of amides is 2. The maximum atomic E-state index is 14.2. The SMILES string of the molecule is Cc1cccc2[nH]c(C(=O)C[C@H](C(=O)N3C[C@@H]4C[C@H]3CN4C(=O)c3ccc(-c4ccccc4F)cn3)C(C)(C)C)cc12. The van der Waals surface area contributed by atoms with E-state index in [9.17, 15) is 18.8 Å². The van der Waals surface area contributed by atoms with E-state index >= 15 is 0 Å². The van der Waals surface area contributed by atoms with Gasteiger partial charge in [0.25, 0.3) is 5.91 Å². The lowest BCUT2D eigenvalue weighted by molar-refractivity contribution is -0.141. The molecule has 7 nitrogen and oxygen atoms in total. The molecule has 0 spiro atoms. The summed E-state index contributed by atoms with van der Waals surface area (Å²) < 4.78 is 14.2. The highest BCUT2D eigenvalue weighted by Gasteiger charge is 2.50. The number of Topliss-reactive ketones (excluding diaryl/α,β-unsaturated/α-hetero) is 1. The molecule has 2 fully saturated rings. The van der Waals surface area contributed by atoms with E-state index in [4.69, 9.17) is 0 Å². The third-order valence-corrected chi connectivity index (χ3v) is 8.87. The van der Waals surface area contributed by atoms with Crippen molar-refractivity contribution in [3.63, 3.8) is 0 Å². The number of hydrogen-bond acceptors (Lipinski definition) is 4. The average molecular weight is 567 g/mol. The molecule has 6 rings (SSSR count). The molecule has 216 valence electrons. The molecule has 0 saturated carbocycles. The number of benzene rings is 2. The third kappa shape index (κ3) is 4.99. The van der Waals surface area contributed by atoms with Crippen molar-refractivity contribution < 1.29 is 18.8 Å². The van der Waals surface area contributed by atoms with Crippen LogP contribution in [0.3, 0.4) is 0 Å². The molecule has 2 aliphatic heterocycles. The number of fused-ring (bicyclic) bond motifs is 3. The van der Waals surface area contributed by atoms with Crippen molar-refractivity contribution in [2.75, 3.05) is 13.1 Å². The maximum Gasteiger partial charge on any atom is 0.272 e. The molecule has 0 aliphatic carbocycles. The maximum absolute atomic E-state index is 14.2. The van der Waals surface area contributed by atoms with Crippen molar-refractivity contribution in [2.24, 2.45) is 11.3 Å². The summed E-state index contributed by atoms with van der Waals surface area (Å²) in [5, 5.41) is 1.01. The Labute approximate surface area is 244 Å². The molecule has 1 N–H and O–H groups in total. The summed E-state index contributed by atoms with van der Waals surface area (Å²) >= 11 is 0. The zero-order valence-electron chi connectivity index (χ0n) is 24.4. The van der Waals surface area contributed by atoms with Gasteiger partial charge in [0.15, 0.2) is 5.78 Å². The van der Waals surface area contributed by atoms with E-state index in [0.717, 1.165) is 16.5 Å². The molecule has 0 radical (unpaired) electrons. The normalized spacial score (nSPS) is 19.0. The fourth-order valence-corrected chi connectivity index (χ4v) is 6.42. The number of rotatable bonds is 6. The van der Waals surface area contributed by atoms with Crippen LogP contribution < -0.4 is 0 Å². The second kappa shape index (κ2) is 10.5. The number of piperazine rings is 1. The lowest BCUT2D eigenvalue weighted by atomic mass is 9.76. The number of nitrogens with zero attached hydrogens (tertiary/aromatic N) is 3. The Kier molecular flexibility index (Phi) is 6.95. The van der Waals surface area contributed by atoms with E-state index in [-0.39, 0.29) is 41.9 Å². The Hall–Kier alpha value is -4.33. The highest BCUT2D eigenvalue weighted by molar-refractivity contribution is 6.02. The average Bonchev–Trinajstić information content (AvgIpc) is 3.70. The standard InChI is InChI=1S/C34H35FN4O3/c1-20-8-7-11-28-25(20)15-30(37-28)31(40)16-26(34(2,3)4)32(41)38-18-23-14-22(38)19-39(23)33(42)29-13-12-21(17-36-29)24-9-5-6-10-27(24)35/h5-13,15,17,22-23,26,37H,14,16,18-19H2,1-4H3/t22-,23-,26+/m0/s1. The number of carbonyl (C=O) groups is 3. The van der Waals surface area contributed by atoms with Crippen molar-refractivity contribution >= 4 is 28.5 Å². The molecule has 0 unspecified atom stereocenters. The number of halogens is 1. The summed E-state index contributed by atoms with van der Waals surface area (Å²) in [5.41, 5.74) is 3.45. The first kappa shape index (κ1) is 27.8. The predicted molar refractivity (Wildman–Crippen MR) is 160 cm³/mol. The zero-order valence-corrected chi connectivity index (χ0v) is 24.4. The van der Waals surface area contributed by atoms with Crippen LogP contribution in [-0.4, -0.2) is 62.5 Å². The number of aromatic amines is 1. The zero-order chi connectivity index (χ0) is 29.8. The molecule has 2 aliphatic rings. The number of aryl methyl sites for hydroxylation is 1. The summed E-state index contributed by atoms with van der Waals surface area (Å²) in [7, 11) is 0. The number of nitrogens with one attached hydrogen (secondary N) is 1. The predicted octanol–water partition coefficient (Wildman–Crippen LogP) is 6.04. The van der Waals surface area contributed by atoms with Gasteiger partial charge in [0.1, 0.15) is 11.5 Å².